The van der Waals surface area contributed by atoms with Gasteiger partial charge in [0.05, 0.1) is 23.8 Å². The summed E-state index contributed by atoms with van der Waals surface area (Å²) in [5, 5.41) is 16.9. The average molecular weight is 398 g/mol. The predicted molar refractivity (Wildman–Crippen MR) is 108 cm³/mol. The number of nitrogens with zero attached hydrogens (tertiary/aromatic N) is 3. The summed E-state index contributed by atoms with van der Waals surface area (Å²) in [7, 11) is -2.04. The van der Waals surface area contributed by atoms with Crippen molar-refractivity contribution in [3.8, 4) is 17.2 Å². The molecule has 1 N–H and O–H groups in total. The van der Waals surface area contributed by atoms with E-state index >= 15 is 0 Å². The lowest BCUT2D eigenvalue weighted by molar-refractivity contribution is 0.210. The molecule has 3 aromatic rings. The largest absolute Gasteiger partial charge is 0.383 e. The fraction of sp³-hybridized carbons (Fsp3) is 0.300. The van der Waals surface area contributed by atoms with E-state index in [1.54, 1.807) is 29.8 Å². The first kappa shape index (κ1) is 19.9. The summed E-state index contributed by atoms with van der Waals surface area (Å²) in [4.78, 5) is 0.118. The van der Waals surface area contributed by atoms with E-state index in [4.69, 9.17) is 4.74 Å². The van der Waals surface area contributed by atoms with Crippen LogP contribution in [0.3, 0.4) is 0 Å². The van der Waals surface area contributed by atoms with Gasteiger partial charge in [0.2, 0.25) is 0 Å². The first-order valence-corrected chi connectivity index (χ1v) is 10.8. The molecule has 0 spiro atoms. The molecule has 2 aromatic heterocycles. The number of rotatable bonds is 7. The molecule has 0 aliphatic rings. The maximum absolute atomic E-state index is 12.8. The van der Waals surface area contributed by atoms with E-state index in [2.05, 4.69) is 16.5 Å². The zero-order valence-corrected chi connectivity index (χ0v) is 16.9. The molecule has 0 atom stereocenters. The van der Waals surface area contributed by atoms with Crippen LogP contribution in [0.4, 0.5) is 5.82 Å². The third kappa shape index (κ3) is 3.72. The Morgan fingerprint density at radius 2 is 2.07 bits per heavy atom. The maximum Gasteiger partial charge on any atom is 0.179 e. The first-order valence-electron chi connectivity index (χ1n) is 8.88. The molecular weight excluding hydrogens is 376 g/mol. The lowest BCUT2D eigenvalue weighted by atomic mass is 10.0. The topological polar surface area (TPSA) is 96.5 Å². The minimum Gasteiger partial charge on any atom is -0.383 e. The Balaban J connectivity index is 2.40. The van der Waals surface area contributed by atoms with Crippen molar-refractivity contribution in [1.29, 1.82) is 5.26 Å². The molecule has 7 nitrogen and oxygen atoms in total. The van der Waals surface area contributed by atoms with Crippen molar-refractivity contribution in [1.82, 2.24) is 9.61 Å². The summed E-state index contributed by atoms with van der Waals surface area (Å²) in [5.41, 5.74) is 3.30. The molecular formula is C20H22N4O3S. The van der Waals surface area contributed by atoms with Crippen LogP contribution in [-0.2, 0) is 21.0 Å². The molecule has 0 saturated carbocycles. The lowest BCUT2D eigenvalue weighted by Gasteiger charge is -2.17. The summed E-state index contributed by atoms with van der Waals surface area (Å²) in [5.74, 6) is 0.273. The normalized spacial score (nSPS) is 11.5. The Kier molecular flexibility index (Phi) is 5.68. The van der Waals surface area contributed by atoms with Crippen LogP contribution in [0.25, 0.3) is 16.6 Å². The minimum atomic E-state index is -3.62. The van der Waals surface area contributed by atoms with Crippen LogP contribution in [0.2, 0.25) is 0 Å². The summed E-state index contributed by atoms with van der Waals surface area (Å²) in [6.07, 6.45) is 1.91. The zero-order valence-electron chi connectivity index (χ0n) is 16.1. The molecule has 8 heteroatoms. The number of aryl methyl sites for hydroxylation is 1. The van der Waals surface area contributed by atoms with Crippen molar-refractivity contribution in [3.63, 3.8) is 0 Å². The summed E-state index contributed by atoms with van der Waals surface area (Å²) in [6.45, 7) is 2.84. The van der Waals surface area contributed by atoms with E-state index in [0.717, 1.165) is 12.1 Å². The highest BCUT2D eigenvalue weighted by Gasteiger charge is 2.25. The van der Waals surface area contributed by atoms with E-state index < -0.39 is 9.84 Å². The van der Waals surface area contributed by atoms with Crippen LogP contribution in [0, 0.1) is 11.3 Å². The highest BCUT2D eigenvalue weighted by atomic mass is 32.2. The summed E-state index contributed by atoms with van der Waals surface area (Å²) < 4.78 is 32.4. The minimum absolute atomic E-state index is 0.118. The fourth-order valence-corrected chi connectivity index (χ4v) is 4.25. The number of aromatic nitrogens is 2. The molecule has 2 heterocycles. The van der Waals surface area contributed by atoms with Gasteiger partial charge >= 0.3 is 0 Å². The number of ether oxygens (including phenoxy) is 1. The second-order valence-electron chi connectivity index (χ2n) is 6.41. The predicted octanol–water partition coefficient (Wildman–Crippen LogP) is 2.90. The van der Waals surface area contributed by atoms with Gasteiger partial charge in [-0.2, -0.15) is 5.26 Å². The molecule has 0 amide bonds. The van der Waals surface area contributed by atoms with Crippen molar-refractivity contribution in [2.24, 2.45) is 0 Å². The molecule has 28 heavy (non-hydrogen) atoms. The van der Waals surface area contributed by atoms with Gasteiger partial charge in [0.25, 0.3) is 0 Å². The Morgan fingerprint density at radius 1 is 1.29 bits per heavy atom. The first-order chi connectivity index (χ1) is 13.4. The van der Waals surface area contributed by atoms with Crippen molar-refractivity contribution < 1.29 is 13.2 Å². The number of fused-ring (bicyclic) bond motifs is 1. The van der Waals surface area contributed by atoms with Gasteiger partial charge in [-0.15, -0.1) is 5.10 Å². The number of anilines is 1. The molecule has 0 radical (unpaired) electrons. The second-order valence-corrected chi connectivity index (χ2v) is 8.36. The zero-order chi connectivity index (χ0) is 20.3. The molecule has 0 fully saturated rings. The second kappa shape index (κ2) is 8.00. The molecule has 0 bridgehead atoms. The number of nitrogens with one attached hydrogen (secondary N) is 1. The van der Waals surface area contributed by atoms with Gasteiger partial charge in [-0.05, 0) is 36.2 Å². The van der Waals surface area contributed by atoms with E-state index in [1.807, 2.05) is 25.1 Å². The number of hydrogen-bond acceptors (Lipinski definition) is 6. The number of methoxy groups -OCH3 is 1. The number of benzene rings is 1. The standard InChI is InChI=1S/C20H22N4O3S/c1-4-16-8-9-17-18(15-7-5-6-14(12-15)13-21)19(28(3,25)26)20(23-24(16)17)22-10-11-27-2/h5-9,12H,4,10-11H2,1-3H3,(H,22,23). The fourth-order valence-electron chi connectivity index (χ4n) is 3.20. The Labute approximate surface area is 164 Å². The average Bonchev–Trinajstić information content (AvgIpc) is 3.09. The Morgan fingerprint density at radius 3 is 2.71 bits per heavy atom. The van der Waals surface area contributed by atoms with Crippen molar-refractivity contribution in [2.45, 2.75) is 18.2 Å². The number of sulfone groups is 1. The van der Waals surface area contributed by atoms with Gasteiger partial charge in [0.1, 0.15) is 4.90 Å². The van der Waals surface area contributed by atoms with Crippen LogP contribution < -0.4 is 5.32 Å². The molecule has 0 aliphatic heterocycles. The van der Waals surface area contributed by atoms with Crippen LogP contribution in [0.1, 0.15) is 18.2 Å². The van der Waals surface area contributed by atoms with E-state index in [-0.39, 0.29) is 10.7 Å². The lowest BCUT2D eigenvalue weighted by Crippen LogP contribution is -2.16. The molecule has 1 aromatic carbocycles. The van der Waals surface area contributed by atoms with E-state index in [9.17, 15) is 13.7 Å². The van der Waals surface area contributed by atoms with Crippen LogP contribution >= 0.6 is 0 Å². The third-order valence-electron chi connectivity index (χ3n) is 4.44. The Hall–Kier alpha value is -2.89. The van der Waals surface area contributed by atoms with Crippen LogP contribution in [0.15, 0.2) is 41.3 Å². The molecule has 146 valence electrons. The third-order valence-corrected chi connectivity index (χ3v) is 5.58. The van der Waals surface area contributed by atoms with Gasteiger partial charge < -0.3 is 10.1 Å². The number of hydrogen-bond donors (Lipinski definition) is 1. The molecule has 3 rings (SSSR count). The summed E-state index contributed by atoms with van der Waals surface area (Å²) in [6, 6.07) is 12.9. The highest BCUT2D eigenvalue weighted by Crippen LogP contribution is 2.36. The van der Waals surface area contributed by atoms with Gasteiger partial charge in [0.15, 0.2) is 15.7 Å². The smallest absolute Gasteiger partial charge is 0.179 e. The van der Waals surface area contributed by atoms with Gasteiger partial charge in [-0.1, -0.05) is 19.1 Å². The highest BCUT2D eigenvalue weighted by molar-refractivity contribution is 7.91. The van der Waals surface area contributed by atoms with Crippen molar-refractivity contribution >= 4 is 21.2 Å². The summed E-state index contributed by atoms with van der Waals surface area (Å²) >= 11 is 0. The molecule has 0 aliphatic carbocycles. The quantitative estimate of drug-likeness (QED) is 0.615. The van der Waals surface area contributed by atoms with E-state index in [1.165, 1.54) is 6.26 Å². The monoisotopic (exact) mass is 398 g/mol. The number of nitriles is 1. The van der Waals surface area contributed by atoms with Gasteiger partial charge in [-0.25, -0.2) is 12.9 Å². The van der Waals surface area contributed by atoms with Crippen LogP contribution in [-0.4, -0.2) is 44.5 Å². The van der Waals surface area contributed by atoms with Gasteiger partial charge in [0, 0.05) is 31.2 Å². The maximum atomic E-state index is 12.8. The SMILES string of the molecule is CCc1ccc2c(-c3cccc(C#N)c3)c(S(C)(=O)=O)c(NCCOC)nn12. The van der Waals surface area contributed by atoms with Crippen molar-refractivity contribution in [3.05, 3.63) is 47.7 Å². The molecule has 0 unspecified atom stereocenters. The van der Waals surface area contributed by atoms with E-state index in [0.29, 0.717) is 35.4 Å². The molecule has 0 saturated heterocycles. The van der Waals surface area contributed by atoms with Gasteiger partial charge in [-0.3, -0.25) is 0 Å². The Bertz CT molecular complexity index is 1160. The van der Waals surface area contributed by atoms with Crippen LogP contribution in [0.5, 0.6) is 0 Å². The van der Waals surface area contributed by atoms with Crippen molar-refractivity contribution in [2.75, 3.05) is 31.8 Å².